The molecule has 0 radical (unpaired) electrons. The SMILES string of the molecule is Cc1ccc(C(=O)N2CCC(COc3ccccc3)(CC(=O)N3CCCCC3)CC2)cn1. The molecule has 0 bridgehead atoms. The van der Waals surface area contributed by atoms with E-state index in [4.69, 9.17) is 4.74 Å². The molecule has 2 aromatic rings. The molecule has 4 rings (SSSR count). The fraction of sp³-hybridized carbons (Fsp3) is 0.500. The summed E-state index contributed by atoms with van der Waals surface area (Å²) in [5.41, 5.74) is 1.26. The van der Waals surface area contributed by atoms with Crippen molar-refractivity contribution in [3.63, 3.8) is 0 Å². The number of aryl methyl sites for hydroxylation is 1. The van der Waals surface area contributed by atoms with Gasteiger partial charge in [0.1, 0.15) is 5.75 Å². The summed E-state index contributed by atoms with van der Waals surface area (Å²) < 4.78 is 6.15. The second-order valence-corrected chi connectivity index (χ2v) is 9.20. The smallest absolute Gasteiger partial charge is 0.255 e. The Kier molecular flexibility index (Phi) is 7.08. The Hall–Kier alpha value is -2.89. The first-order valence-electron chi connectivity index (χ1n) is 11.7. The molecule has 1 aromatic carbocycles. The summed E-state index contributed by atoms with van der Waals surface area (Å²) in [5, 5.41) is 0. The van der Waals surface area contributed by atoms with E-state index in [-0.39, 0.29) is 17.2 Å². The van der Waals surface area contributed by atoms with E-state index < -0.39 is 0 Å². The highest BCUT2D eigenvalue weighted by molar-refractivity contribution is 5.94. The van der Waals surface area contributed by atoms with Crippen LogP contribution in [0.4, 0.5) is 0 Å². The minimum atomic E-state index is -0.257. The molecule has 0 N–H and O–H groups in total. The highest BCUT2D eigenvalue weighted by atomic mass is 16.5. The van der Waals surface area contributed by atoms with Crippen LogP contribution in [0.25, 0.3) is 0 Å². The molecule has 0 saturated carbocycles. The summed E-state index contributed by atoms with van der Waals surface area (Å²) in [4.78, 5) is 34.2. The molecule has 0 aliphatic carbocycles. The molecule has 32 heavy (non-hydrogen) atoms. The van der Waals surface area contributed by atoms with Gasteiger partial charge in [0.05, 0.1) is 12.2 Å². The van der Waals surface area contributed by atoms with Gasteiger partial charge in [0.25, 0.3) is 5.91 Å². The predicted molar refractivity (Wildman–Crippen MR) is 124 cm³/mol. The summed E-state index contributed by atoms with van der Waals surface area (Å²) in [6.07, 6.45) is 7.02. The number of carbonyl (C=O) groups excluding carboxylic acids is 2. The van der Waals surface area contributed by atoms with Crippen LogP contribution in [-0.2, 0) is 4.79 Å². The van der Waals surface area contributed by atoms with E-state index >= 15 is 0 Å². The largest absolute Gasteiger partial charge is 0.493 e. The Morgan fingerprint density at radius 2 is 1.66 bits per heavy atom. The van der Waals surface area contributed by atoms with Crippen molar-refractivity contribution in [2.45, 2.75) is 45.4 Å². The number of aromatic nitrogens is 1. The normalized spacial score (nSPS) is 18.3. The van der Waals surface area contributed by atoms with Crippen LogP contribution in [0.3, 0.4) is 0 Å². The number of piperidine rings is 2. The second-order valence-electron chi connectivity index (χ2n) is 9.20. The zero-order chi connectivity index (χ0) is 22.4. The standard InChI is InChI=1S/C26H33N3O3/c1-21-10-11-22(19-27-21)25(31)29-16-12-26(13-17-29,20-32-23-8-4-2-5-9-23)18-24(30)28-14-6-3-7-15-28/h2,4-5,8-11,19H,3,6-7,12-18,20H2,1H3. The van der Waals surface area contributed by atoms with Crippen LogP contribution < -0.4 is 4.74 Å². The molecule has 2 aliphatic rings. The van der Waals surface area contributed by atoms with Gasteiger partial charge in [0.2, 0.25) is 5.91 Å². The van der Waals surface area contributed by atoms with E-state index in [1.165, 1.54) is 6.42 Å². The summed E-state index contributed by atoms with van der Waals surface area (Å²) in [7, 11) is 0. The number of pyridine rings is 1. The average Bonchev–Trinajstić information content (AvgIpc) is 2.84. The lowest BCUT2D eigenvalue weighted by Crippen LogP contribution is -2.48. The Morgan fingerprint density at radius 1 is 0.938 bits per heavy atom. The van der Waals surface area contributed by atoms with Crippen LogP contribution in [0.2, 0.25) is 0 Å². The first kappa shape index (κ1) is 22.3. The maximum absolute atomic E-state index is 13.1. The molecule has 2 amide bonds. The summed E-state index contributed by atoms with van der Waals surface area (Å²) in [6, 6.07) is 13.5. The Bertz CT molecular complexity index is 900. The molecule has 3 heterocycles. The van der Waals surface area contributed by atoms with E-state index in [1.54, 1.807) is 6.20 Å². The molecule has 2 saturated heterocycles. The molecule has 170 valence electrons. The number of likely N-dealkylation sites (tertiary alicyclic amines) is 2. The molecule has 2 fully saturated rings. The van der Waals surface area contributed by atoms with Gasteiger partial charge in [0.15, 0.2) is 0 Å². The van der Waals surface area contributed by atoms with Crippen LogP contribution in [0.15, 0.2) is 48.7 Å². The quantitative estimate of drug-likeness (QED) is 0.686. The molecule has 1 aromatic heterocycles. The van der Waals surface area contributed by atoms with Crippen LogP contribution >= 0.6 is 0 Å². The maximum atomic E-state index is 13.1. The first-order chi connectivity index (χ1) is 15.5. The van der Waals surface area contributed by atoms with Gasteiger partial charge in [-0.2, -0.15) is 0 Å². The van der Waals surface area contributed by atoms with E-state index in [0.717, 1.165) is 50.2 Å². The fourth-order valence-corrected chi connectivity index (χ4v) is 4.66. The minimum Gasteiger partial charge on any atom is -0.493 e. The van der Waals surface area contributed by atoms with Crippen molar-refractivity contribution in [1.29, 1.82) is 0 Å². The number of para-hydroxylation sites is 1. The predicted octanol–water partition coefficient (Wildman–Crippen LogP) is 4.09. The van der Waals surface area contributed by atoms with E-state index in [2.05, 4.69) is 4.98 Å². The van der Waals surface area contributed by atoms with Crippen LogP contribution in [0.5, 0.6) is 5.75 Å². The van der Waals surface area contributed by atoms with Crippen molar-refractivity contribution in [3.05, 3.63) is 59.9 Å². The van der Waals surface area contributed by atoms with E-state index in [1.807, 2.05) is 59.2 Å². The van der Waals surface area contributed by atoms with Crippen molar-refractivity contribution in [2.75, 3.05) is 32.8 Å². The van der Waals surface area contributed by atoms with Crippen LogP contribution in [0.1, 0.15) is 54.6 Å². The number of nitrogens with zero attached hydrogens (tertiary/aromatic N) is 3. The molecule has 2 aliphatic heterocycles. The van der Waals surface area contributed by atoms with Gasteiger partial charge in [-0.15, -0.1) is 0 Å². The molecule has 6 heteroatoms. The van der Waals surface area contributed by atoms with Gasteiger partial charge in [-0.05, 0) is 63.3 Å². The molecular weight excluding hydrogens is 402 g/mol. The first-order valence-corrected chi connectivity index (χ1v) is 11.7. The molecule has 6 nitrogen and oxygen atoms in total. The van der Waals surface area contributed by atoms with Gasteiger partial charge in [-0.3, -0.25) is 14.6 Å². The van der Waals surface area contributed by atoms with Gasteiger partial charge in [-0.25, -0.2) is 0 Å². The third-order valence-corrected chi connectivity index (χ3v) is 6.79. The highest BCUT2D eigenvalue weighted by Crippen LogP contribution is 2.37. The lowest BCUT2D eigenvalue weighted by atomic mass is 9.75. The van der Waals surface area contributed by atoms with E-state index in [9.17, 15) is 9.59 Å². The van der Waals surface area contributed by atoms with Crippen molar-refractivity contribution >= 4 is 11.8 Å². The van der Waals surface area contributed by atoms with Crippen molar-refractivity contribution in [1.82, 2.24) is 14.8 Å². The number of hydrogen-bond acceptors (Lipinski definition) is 4. The van der Waals surface area contributed by atoms with Crippen LogP contribution in [0, 0.1) is 12.3 Å². The number of carbonyl (C=O) groups is 2. The number of amides is 2. The molecule has 0 atom stereocenters. The van der Waals surface area contributed by atoms with Gasteiger partial charge >= 0.3 is 0 Å². The molecular formula is C26H33N3O3. The Morgan fingerprint density at radius 3 is 2.31 bits per heavy atom. The maximum Gasteiger partial charge on any atom is 0.255 e. The Balaban J connectivity index is 1.44. The number of ether oxygens (including phenoxy) is 1. The van der Waals surface area contributed by atoms with Crippen LogP contribution in [-0.4, -0.2) is 59.4 Å². The third-order valence-electron chi connectivity index (χ3n) is 6.79. The average molecular weight is 436 g/mol. The Labute approximate surface area is 190 Å². The third kappa shape index (κ3) is 5.47. The lowest BCUT2D eigenvalue weighted by Gasteiger charge is -2.42. The summed E-state index contributed by atoms with van der Waals surface area (Å²) in [6.45, 7) is 5.37. The van der Waals surface area contributed by atoms with Gasteiger partial charge in [-0.1, -0.05) is 18.2 Å². The highest BCUT2D eigenvalue weighted by Gasteiger charge is 2.40. The number of rotatable bonds is 6. The molecule has 0 spiro atoms. The zero-order valence-corrected chi connectivity index (χ0v) is 19.0. The second kappa shape index (κ2) is 10.2. The van der Waals surface area contributed by atoms with Crippen molar-refractivity contribution in [3.8, 4) is 5.75 Å². The van der Waals surface area contributed by atoms with Gasteiger partial charge in [0, 0.05) is 49.9 Å². The van der Waals surface area contributed by atoms with Crippen molar-refractivity contribution < 1.29 is 14.3 Å². The monoisotopic (exact) mass is 435 g/mol. The minimum absolute atomic E-state index is 0.0115. The van der Waals surface area contributed by atoms with E-state index in [0.29, 0.717) is 31.7 Å². The fourth-order valence-electron chi connectivity index (χ4n) is 4.66. The van der Waals surface area contributed by atoms with Gasteiger partial charge < -0.3 is 14.5 Å². The summed E-state index contributed by atoms with van der Waals surface area (Å²) >= 11 is 0. The lowest BCUT2D eigenvalue weighted by molar-refractivity contribution is -0.136. The molecule has 0 unspecified atom stereocenters. The topological polar surface area (TPSA) is 62.7 Å². The summed E-state index contributed by atoms with van der Waals surface area (Å²) in [5.74, 6) is 1.06. The number of benzene rings is 1. The number of hydrogen-bond donors (Lipinski definition) is 0. The van der Waals surface area contributed by atoms with Crippen molar-refractivity contribution in [2.24, 2.45) is 5.41 Å². The zero-order valence-electron chi connectivity index (χ0n) is 19.0.